The Morgan fingerprint density at radius 1 is 0.778 bits per heavy atom. The number of aryl methyl sites for hydroxylation is 1. The Hall–Kier alpha value is -4.72. The van der Waals surface area contributed by atoms with Crippen molar-refractivity contribution in [1.29, 1.82) is 0 Å². The Bertz CT molecular complexity index is 1300. The maximum atomic E-state index is 14.6. The first-order valence-corrected chi connectivity index (χ1v) is 10.8. The van der Waals surface area contributed by atoms with Crippen LogP contribution in [0, 0.1) is 5.82 Å². The van der Waals surface area contributed by atoms with Crippen LogP contribution >= 0.6 is 0 Å². The van der Waals surface area contributed by atoms with Crippen molar-refractivity contribution < 1.29 is 37.7 Å². The highest BCUT2D eigenvalue weighted by Crippen LogP contribution is 2.30. The van der Waals surface area contributed by atoms with Gasteiger partial charge in [-0.3, -0.25) is 4.79 Å². The number of esters is 3. The van der Waals surface area contributed by atoms with Gasteiger partial charge < -0.3 is 18.9 Å². The number of carbonyl (C=O) groups excluding carboxylic acids is 3. The monoisotopic (exact) mass is 490 g/mol. The summed E-state index contributed by atoms with van der Waals surface area (Å²) in [6.07, 6.45) is 2.03. The highest BCUT2D eigenvalue weighted by Gasteiger charge is 2.15. The second-order valence-corrected chi connectivity index (χ2v) is 7.38. The molecule has 0 aliphatic carbocycles. The van der Waals surface area contributed by atoms with Gasteiger partial charge in [0, 0.05) is 18.6 Å². The fourth-order valence-electron chi connectivity index (χ4n) is 3.14. The van der Waals surface area contributed by atoms with Crippen molar-refractivity contribution in [2.24, 2.45) is 0 Å². The van der Waals surface area contributed by atoms with Crippen LogP contribution in [0.2, 0.25) is 0 Å². The van der Waals surface area contributed by atoms with Crippen LogP contribution in [-0.4, -0.2) is 25.0 Å². The summed E-state index contributed by atoms with van der Waals surface area (Å²) in [6, 6.07) is 15.9. The molecule has 7 nitrogen and oxygen atoms in total. The van der Waals surface area contributed by atoms with E-state index >= 15 is 0 Å². The molecule has 36 heavy (non-hydrogen) atoms. The molecule has 0 atom stereocenters. The Morgan fingerprint density at radius 2 is 1.39 bits per heavy atom. The van der Waals surface area contributed by atoms with Gasteiger partial charge in [0.15, 0.2) is 23.1 Å². The van der Waals surface area contributed by atoms with Gasteiger partial charge in [0.05, 0.1) is 7.11 Å². The van der Waals surface area contributed by atoms with Crippen molar-refractivity contribution in [3.8, 4) is 34.1 Å². The summed E-state index contributed by atoms with van der Waals surface area (Å²) in [6.45, 7) is 6.64. The highest BCUT2D eigenvalue weighted by atomic mass is 19.1. The third-order valence-electron chi connectivity index (χ3n) is 4.96. The minimum Gasteiger partial charge on any atom is -0.497 e. The molecule has 3 rings (SSSR count). The van der Waals surface area contributed by atoms with E-state index in [9.17, 15) is 18.8 Å². The lowest BCUT2D eigenvalue weighted by molar-refractivity contribution is -0.134. The van der Waals surface area contributed by atoms with E-state index in [1.807, 2.05) is 0 Å². The van der Waals surface area contributed by atoms with E-state index in [0.717, 1.165) is 17.7 Å². The lowest BCUT2D eigenvalue weighted by atomic mass is 10.1. The van der Waals surface area contributed by atoms with Gasteiger partial charge in [-0.05, 0) is 59.5 Å². The first-order chi connectivity index (χ1) is 17.3. The molecule has 0 N–H and O–H groups in total. The number of hydrogen-bond donors (Lipinski definition) is 0. The van der Waals surface area contributed by atoms with E-state index in [0.29, 0.717) is 16.9 Å². The predicted octanol–water partition coefficient (Wildman–Crippen LogP) is 5.22. The molecule has 0 saturated heterocycles. The standard InChI is InChI=1S/C28H23FO7/c1-4-26(30)35-24-13-6-18(16-25(24)36-27(31)5-2)7-15-28(32)34-23-14-10-20(17-22(23)29)19-8-11-21(33-3)12-9-19/h4-6,8-14,16-17H,1-2,7,15H2,3H3. The van der Waals surface area contributed by atoms with E-state index < -0.39 is 23.7 Å². The molecule has 0 aliphatic heterocycles. The van der Waals surface area contributed by atoms with Crippen molar-refractivity contribution in [2.75, 3.05) is 7.11 Å². The first-order valence-electron chi connectivity index (χ1n) is 10.8. The quantitative estimate of drug-likeness (QED) is 0.219. The van der Waals surface area contributed by atoms with Gasteiger partial charge in [0.25, 0.3) is 0 Å². The van der Waals surface area contributed by atoms with Crippen molar-refractivity contribution in [3.05, 3.63) is 97.4 Å². The van der Waals surface area contributed by atoms with Gasteiger partial charge in [-0.1, -0.05) is 37.4 Å². The number of benzene rings is 3. The minimum atomic E-state index is -0.754. The molecular formula is C28H23FO7. The predicted molar refractivity (Wildman–Crippen MR) is 130 cm³/mol. The zero-order valence-electron chi connectivity index (χ0n) is 19.5. The maximum Gasteiger partial charge on any atom is 0.335 e. The van der Waals surface area contributed by atoms with Crippen molar-refractivity contribution in [1.82, 2.24) is 0 Å². The third-order valence-corrected chi connectivity index (χ3v) is 4.96. The number of rotatable bonds is 10. The molecule has 0 spiro atoms. The Morgan fingerprint density at radius 3 is 2.00 bits per heavy atom. The molecular weight excluding hydrogens is 467 g/mol. The van der Waals surface area contributed by atoms with Crippen LogP contribution in [0.15, 0.2) is 86.0 Å². The summed E-state index contributed by atoms with van der Waals surface area (Å²) >= 11 is 0. The summed E-state index contributed by atoms with van der Waals surface area (Å²) in [5, 5.41) is 0. The van der Waals surface area contributed by atoms with E-state index in [4.69, 9.17) is 18.9 Å². The topological polar surface area (TPSA) is 88.1 Å². The van der Waals surface area contributed by atoms with Gasteiger partial charge in [0.2, 0.25) is 0 Å². The average Bonchev–Trinajstić information content (AvgIpc) is 2.89. The molecule has 3 aromatic carbocycles. The largest absolute Gasteiger partial charge is 0.497 e. The molecule has 0 radical (unpaired) electrons. The number of hydrogen-bond acceptors (Lipinski definition) is 7. The Balaban J connectivity index is 1.66. The lowest BCUT2D eigenvalue weighted by Crippen LogP contribution is -2.11. The van der Waals surface area contributed by atoms with Crippen molar-refractivity contribution in [3.63, 3.8) is 0 Å². The molecule has 0 saturated carbocycles. The van der Waals surface area contributed by atoms with Crippen LogP contribution in [0.3, 0.4) is 0 Å². The molecule has 0 amide bonds. The van der Waals surface area contributed by atoms with Gasteiger partial charge in [-0.15, -0.1) is 0 Å². The molecule has 0 aromatic heterocycles. The Kier molecular flexibility index (Phi) is 8.72. The molecule has 0 fully saturated rings. The summed E-state index contributed by atoms with van der Waals surface area (Å²) < 4.78 is 35.1. The zero-order chi connectivity index (χ0) is 26.1. The van der Waals surface area contributed by atoms with Gasteiger partial charge in [-0.2, -0.15) is 0 Å². The normalized spacial score (nSPS) is 10.2. The van der Waals surface area contributed by atoms with Gasteiger partial charge >= 0.3 is 17.9 Å². The number of halogens is 1. The SMILES string of the molecule is C=CC(=O)Oc1ccc(CCC(=O)Oc2ccc(-c3ccc(OC)cc3)cc2F)cc1OC(=O)C=C. The molecule has 0 heterocycles. The first kappa shape index (κ1) is 25.9. The van der Waals surface area contributed by atoms with Crippen LogP contribution in [0.4, 0.5) is 4.39 Å². The minimum absolute atomic E-state index is 0.000414. The number of carbonyl (C=O) groups is 3. The van der Waals surface area contributed by atoms with E-state index in [2.05, 4.69) is 13.2 Å². The molecule has 3 aromatic rings. The van der Waals surface area contributed by atoms with Crippen molar-refractivity contribution >= 4 is 17.9 Å². The lowest BCUT2D eigenvalue weighted by Gasteiger charge is -2.11. The summed E-state index contributed by atoms with van der Waals surface area (Å²) in [5.74, 6) is -2.35. The third kappa shape index (κ3) is 6.89. The summed E-state index contributed by atoms with van der Waals surface area (Å²) in [7, 11) is 1.56. The molecule has 0 unspecified atom stereocenters. The van der Waals surface area contributed by atoms with Crippen LogP contribution in [0.1, 0.15) is 12.0 Å². The van der Waals surface area contributed by atoms with Crippen LogP contribution in [0.25, 0.3) is 11.1 Å². The zero-order valence-corrected chi connectivity index (χ0v) is 19.5. The second kappa shape index (κ2) is 12.1. The van der Waals surface area contributed by atoms with Crippen LogP contribution < -0.4 is 18.9 Å². The number of methoxy groups -OCH3 is 1. The highest BCUT2D eigenvalue weighted by molar-refractivity contribution is 5.86. The smallest absolute Gasteiger partial charge is 0.335 e. The van der Waals surface area contributed by atoms with Gasteiger partial charge in [-0.25, -0.2) is 14.0 Å². The molecule has 184 valence electrons. The van der Waals surface area contributed by atoms with Crippen LogP contribution in [0.5, 0.6) is 23.0 Å². The van der Waals surface area contributed by atoms with Crippen molar-refractivity contribution in [2.45, 2.75) is 12.8 Å². The summed E-state index contributed by atoms with van der Waals surface area (Å²) in [4.78, 5) is 35.5. The molecule has 0 aliphatic rings. The number of ether oxygens (including phenoxy) is 4. The molecule has 0 bridgehead atoms. The average molecular weight is 490 g/mol. The fourth-order valence-corrected chi connectivity index (χ4v) is 3.14. The summed E-state index contributed by atoms with van der Waals surface area (Å²) in [5.41, 5.74) is 1.99. The second-order valence-electron chi connectivity index (χ2n) is 7.38. The van der Waals surface area contributed by atoms with E-state index in [1.165, 1.54) is 24.3 Å². The Labute approximate surface area is 207 Å². The fraction of sp³-hybridized carbons (Fsp3) is 0.107. The van der Waals surface area contributed by atoms with E-state index in [1.54, 1.807) is 43.5 Å². The van der Waals surface area contributed by atoms with Gasteiger partial charge in [0.1, 0.15) is 5.75 Å². The molecule has 8 heteroatoms. The van der Waals surface area contributed by atoms with E-state index in [-0.39, 0.29) is 30.1 Å². The maximum absolute atomic E-state index is 14.6. The van der Waals surface area contributed by atoms with Crippen LogP contribution in [-0.2, 0) is 20.8 Å².